The van der Waals surface area contributed by atoms with E-state index in [2.05, 4.69) is 0 Å². The van der Waals surface area contributed by atoms with Gasteiger partial charge < -0.3 is 24.1 Å². The number of benzene rings is 5. The third-order valence-corrected chi connectivity index (χ3v) is 9.98. The van der Waals surface area contributed by atoms with Crippen LogP contribution in [0.3, 0.4) is 0 Å². The van der Waals surface area contributed by atoms with Crippen molar-refractivity contribution < 1.29 is 36.7 Å². The van der Waals surface area contributed by atoms with Crippen LogP contribution >= 0.6 is 0 Å². The molecule has 0 unspecified atom stereocenters. The van der Waals surface area contributed by atoms with Crippen molar-refractivity contribution in [1.82, 2.24) is 0 Å². The maximum atomic E-state index is 13.8. The Morgan fingerprint density at radius 2 is 0.780 bits per heavy atom. The second-order valence-corrected chi connectivity index (χ2v) is 13.9. The van der Waals surface area contributed by atoms with Crippen LogP contribution in [0, 0.1) is 6.92 Å². The number of hydrogen-bond acceptors (Lipinski definition) is 8. The average Bonchev–Trinajstić information content (AvgIpc) is 3.15. The molecule has 0 saturated heterocycles. The topological polar surface area (TPSA) is 101 Å². The van der Waals surface area contributed by atoms with E-state index in [1.165, 1.54) is 12.1 Å². The molecular formula is C41H42O8S. The van der Waals surface area contributed by atoms with E-state index in [0.717, 1.165) is 27.8 Å². The lowest BCUT2D eigenvalue weighted by Crippen LogP contribution is -2.67. The van der Waals surface area contributed by atoms with Crippen LogP contribution in [-0.4, -0.2) is 50.1 Å². The predicted octanol–water partition coefficient (Wildman–Crippen LogP) is 6.79. The molecule has 5 aromatic rings. The highest BCUT2D eigenvalue weighted by Crippen LogP contribution is 2.36. The van der Waals surface area contributed by atoms with E-state index in [1.54, 1.807) is 12.1 Å². The van der Waals surface area contributed by atoms with Crippen LogP contribution in [0.1, 0.15) is 27.8 Å². The first-order valence-electron chi connectivity index (χ1n) is 16.7. The molecule has 6 atom stereocenters. The summed E-state index contributed by atoms with van der Waals surface area (Å²) >= 11 is 0. The molecule has 1 saturated carbocycles. The molecule has 260 valence electrons. The van der Waals surface area contributed by atoms with Gasteiger partial charge in [0.2, 0.25) is 0 Å². The van der Waals surface area contributed by atoms with Gasteiger partial charge in [0.05, 0.1) is 31.3 Å². The molecule has 1 aliphatic rings. The number of rotatable bonds is 15. The van der Waals surface area contributed by atoms with Crippen molar-refractivity contribution in [3.63, 3.8) is 0 Å². The Morgan fingerprint density at radius 3 is 1.16 bits per heavy atom. The maximum absolute atomic E-state index is 13.8. The Kier molecular flexibility index (Phi) is 12.2. The molecule has 8 nitrogen and oxygen atoms in total. The van der Waals surface area contributed by atoms with Gasteiger partial charge in [-0.25, -0.2) is 0 Å². The number of aliphatic hydroxyl groups excluding tert-OH is 1. The van der Waals surface area contributed by atoms with Gasteiger partial charge in [0.15, 0.2) is 0 Å². The molecular weight excluding hydrogens is 653 g/mol. The molecule has 1 aliphatic carbocycles. The zero-order chi connectivity index (χ0) is 34.8. The van der Waals surface area contributed by atoms with Gasteiger partial charge in [0.1, 0.15) is 36.6 Å². The second-order valence-electron chi connectivity index (χ2n) is 12.4. The molecule has 0 aliphatic heterocycles. The lowest BCUT2D eigenvalue weighted by molar-refractivity contribution is -0.268. The van der Waals surface area contributed by atoms with Crippen molar-refractivity contribution in [2.75, 3.05) is 0 Å². The van der Waals surface area contributed by atoms with E-state index in [-0.39, 0.29) is 31.3 Å². The average molecular weight is 695 g/mol. The third-order valence-electron chi connectivity index (χ3n) is 8.66. The van der Waals surface area contributed by atoms with Crippen molar-refractivity contribution in [3.8, 4) is 0 Å². The van der Waals surface area contributed by atoms with E-state index < -0.39 is 46.7 Å². The van der Waals surface area contributed by atoms with Crippen LogP contribution in [0.15, 0.2) is 150 Å². The number of aryl methyl sites for hydroxylation is 1. The Balaban J connectivity index is 1.40. The predicted molar refractivity (Wildman–Crippen MR) is 189 cm³/mol. The molecule has 50 heavy (non-hydrogen) atoms. The van der Waals surface area contributed by atoms with Gasteiger partial charge >= 0.3 is 0 Å². The fourth-order valence-corrected chi connectivity index (χ4v) is 7.08. The fourth-order valence-electron chi connectivity index (χ4n) is 5.98. The molecule has 6 rings (SSSR count). The SMILES string of the molecule is Cc1ccc(S(=O)(=O)O[C@@H]2[C@H](O)[C@@H](OCc3ccccc3)[C@H](OCc3ccccc3)[C@@H](OCc3ccccc3)[C@@H]2OCc2ccccc2)cc1. The molecule has 0 aromatic heterocycles. The molecule has 0 radical (unpaired) electrons. The van der Waals surface area contributed by atoms with Gasteiger partial charge in [0, 0.05) is 0 Å². The largest absolute Gasteiger partial charge is 0.387 e. The van der Waals surface area contributed by atoms with Crippen LogP contribution in [0.25, 0.3) is 0 Å². The molecule has 1 N–H and O–H groups in total. The molecule has 9 heteroatoms. The normalized spacial score (nSPS) is 22.3. The maximum Gasteiger partial charge on any atom is 0.297 e. The van der Waals surface area contributed by atoms with Crippen LogP contribution in [-0.2, 0) is 59.7 Å². The standard InChI is InChI=1S/C41H42O8S/c1-30-22-24-35(25-23-30)50(43,44)49-38-36(42)37(45-26-31-14-6-2-7-15-31)39(46-27-32-16-8-3-9-17-32)41(48-29-34-20-12-5-13-21-34)40(38)47-28-33-18-10-4-11-19-33/h2-25,36-42H,26-29H2,1H3/t36-,37-,38-,39+,40-,41-/m1/s1. The first-order valence-corrected chi connectivity index (χ1v) is 18.1. The van der Waals surface area contributed by atoms with Crippen molar-refractivity contribution in [1.29, 1.82) is 0 Å². The Labute approximate surface area is 294 Å². The molecule has 1 fully saturated rings. The summed E-state index contributed by atoms with van der Waals surface area (Å²) in [6.45, 7) is 2.46. The quantitative estimate of drug-likeness (QED) is 0.120. The minimum atomic E-state index is -4.37. The van der Waals surface area contributed by atoms with Gasteiger partial charge in [-0.15, -0.1) is 0 Å². The molecule has 0 heterocycles. The van der Waals surface area contributed by atoms with E-state index >= 15 is 0 Å². The van der Waals surface area contributed by atoms with Crippen molar-refractivity contribution in [2.45, 2.75) is 74.9 Å². The summed E-state index contributed by atoms with van der Waals surface area (Å²) in [5.41, 5.74) is 4.43. The first kappa shape index (κ1) is 35.6. The van der Waals surface area contributed by atoms with E-state index in [0.29, 0.717) is 0 Å². The van der Waals surface area contributed by atoms with Crippen LogP contribution < -0.4 is 0 Å². The summed E-state index contributed by atoms with van der Waals surface area (Å²) in [5, 5.41) is 12.2. The van der Waals surface area contributed by atoms with Crippen molar-refractivity contribution in [3.05, 3.63) is 173 Å². The molecule has 0 amide bonds. The Bertz CT molecular complexity index is 1840. The van der Waals surface area contributed by atoms with Crippen LogP contribution in [0.2, 0.25) is 0 Å². The Morgan fingerprint density at radius 1 is 0.460 bits per heavy atom. The highest BCUT2D eigenvalue weighted by Gasteiger charge is 2.55. The summed E-state index contributed by atoms with van der Waals surface area (Å²) in [6.07, 6.45) is -6.87. The minimum absolute atomic E-state index is 0.0388. The van der Waals surface area contributed by atoms with Gasteiger partial charge in [-0.3, -0.25) is 4.18 Å². The van der Waals surface area contributed by atoms with Crippen LogP contribution in [0.4, 0.5) is 0 Å². The monoisotopic (exact) mass is 694 g/mol. The third kappa shape index (κ3) is 9.32. The van der Waals surface area contributed by atoms with E-state index in [4.69, 9.17) is 23.1 Å². The summed E-state index contributed by atoms with van der Waals surface area (Å²) in [7, 11) is -4.37. The fraction of sp³-hybridized carbons (Fsp3) is 0.268. The van der Waals surface area contributed by atoms with Gasteiger partial charge in [-0.05, 0) is 41.3 Å². The van der Waals surface area contributed by atoms with E-state index in [1.807, 2.05) is 128 Å². The highest BCUT2D eigenvalue weighted by molar-refractivity contribution is 7.86. The molecule has 0 bridgehead atoms. The Hall–Kier alpha value is -4.19. The molecule has 0 spiro atoms. The van der Waals surface area contributed by atoms with Gasteiger partial charge in [-0.2, -0.15) is 8.42 Å². The number of ether oxygens (including phenoxy) is 4. The zero-order valence-electron chi connectivity index (χ0n) is 27.9. The van der Waals surface area contributed by atoms with Crippen molar-refractivity contribution >= 4 is 10.1 Å². The zero-order valence-corrected chi connectivity index (χ0v) is 28.7. The first-order chi connectivity index (χ1) is 24.4. The lowest BCUT2D eigenvalue weighted by atomic mass is 9.84. The number of hydrogen-bond donors (Lipinski definition) is 1. The smallest absolute Gasteiger partial charge is 0.297 e. The summed E-state index contributed by atoms with van der Waals surface area (Å²) < 4.78 is 59.9. The number of aliphatic hydroxyl groups is 1. The lowest BCUT2D eigenvalue weighted by Gasteiger charge is -2.48. The van der Waals surface area contributed by atoms with E-state index in [9.17, 15) is 13.5 Å². The summed E-state index contributed by atoms with van der Waals surface area (Å²) in [4.78, 5) is -0.0388. The minimum Gasteiger partial charge on any atom is -0.387 e. The summed E-state index contributed by atoms with van der Waals surface area (Å²) in [6, 6.07) is 44.7. The van der Waals surface area contributed by atoms with Gasteiger partial charge in [-0.1, -0.05) is 139 Å². The molecule has 5 aromatic carbocycles. The van der Waals surface area contributed by atoms with Crippen LogP contribution in [0.5, 0.6) is 0 Å². The second kappa shape index (κ2) is 17.2. The van der Waals surface area contributed by atoms with Crippen molar-refractivity contribution in [2.24, 2.45) is 0 Å². The highest BCUT2D eigenvalue weighted by atomic mass is 32.2. The van der Waals surface area contributed by atoms with Gasteiger partial charge in [0.25, 0.3) is 10.1 Å². The summed E-state index contributed by atoms with van der Waals surface area (Å²) in [5.74, 6) is 0.